The van der Waals surface area contributed by atoms with Crippen molar-refractivity contribution in [2.45, 2.75) is 29.5 Å². The minimum atomic E-state index is -3.51. The molecule has 32 heavy (non-hydrogen) atoms. The molecule has 0 saturated heterocycles. The molecule has 0 atom stereocenters. The zero-order chi connectivity index (χ0) is 23.1. The van der Waals surface area contributed by atoms with E-state index in [9.17, 15) is 18.0 Å². The number of thioether (sulfide) groups is 1. The molecular formula is C22H25N3O4S3. The van der Waals surface area contributed by atoms with Crippen LogP contribution in [0.25, 0.3) is 10.2 Å². The molecule has 0 aliphatic carbocycles. The Bertz CT molecular complexity index is 1190. The molecule has 0 radical (unpaired) electrons. The summed E-state index contributed by atoms with van der Waals surface area (Å²) < 4.78 is 26.4. The van der Waals surface area contributed by atoms with Crippen molar-refractivity contribution in [1.29, 1.82) is 0 Å². The van der Waals surface area contributed by atoms with Gasteiger partial charge in [-0.2, -0.15) is 0 Å². The molecule has 1 N–H and O–H groups in total. The van der Waals surface area contributed by atoms with Gasteiger partial charge < -0.3 is 10.2 Å². The van der Waals surface area contributed by atoms with Crippen molar-refractivity contribution in [3.05, 3.63) is 48.5 Å². The first-order valence-corrected chi connectivity index (χ1v) is 13.7. The van der Waals surface area contributed by atoms with Crippen LogP contribution in [0.15, 0.2) is 57.8 Å². The van der Waals surface area contributed by atoms with Gasteiger partial charge in [-0.05, 0) is 44.2 Å². The van der Waals surface area contributed by atoms with Gasteiger partial charge in [0.1, 0.15) is 0 Å². The number of carbonyl (C=O) groups is 2. The van der Waals surface area contributed by atoms with Gasteiger partial charge in [0.25, 0.3) is 0 Å². The molecule has 0 bridgehead atoms. The Morgan fingerprint density at radius 3 is 2.50 bits per heavy atom. The standard InChI is InChI=1S/C22H25N3O4S3/c1-3-25(4-2)21(27)15-30-22-24-18-11-10-16(14-19(18)31-22)23-20(26)12-13-32(28,29)17-8-6-5-7-9-17/h5-11,14H,3-4,12-13,15H2,1-2H3,(H,23,26). The third-order valence-electron chi connectivity index (χ3n) is 4.79. The number of aromatic nitrogens is 1. The number of nitrogens with one attached hydrogen (secondary N) is 1. The average molecular weight is 492 g/mol. The summed E-state index contributed by atoms with van der Waals surface area (Å²) in [4.78, 5) is 31.0. The highest BCUT2D eigenvalue weighted by Crippen LogP contribution is 2.31. The van der Waals surface area contributed by atoms with Crippen LogP contribution in [-0.4, -0.2) is 54.7 Å². The third kappa shape index (κ3) is 6.30. The summed E-state index contributed by atoms with van der Waals surface area (Å²) in [5.41, 5.74) is 1.37. The second kappa shape index (κ2) is 10.9. The van der Waals surface area contributed by atoms with E-state index in [1.807, 2.05) is 19.9 Å². The van der Waals surface area contributed by atoms with Crippen molar-refractivity contribution >= 4 is 60.7 Å². The molecule has 0 unspecified atom stereocenters. The number of nitrogens with zero attached hydrogens (tertiary/aromatic N) is 2. The Morgan fingerprint density at radius 1 is 1.09 bits per heavy atom. The van der Waals surface area contributed by atoms with Crippen LogP contribution >= 0.6 is 23.1 Å². The van der Waals surface area contributed by atoms with Gasteiger partial charge in [-0.1, -0.05) is 30.0 Å². The molecule has 2 amide bonds. The van der Waals surface area contributed by atoms with Gasteiger partial charge >= 0.3 is 0 Å². The van der Waals surface area contributed by atoms with E-state index in [2.05, 4.69) is 10.3 Å². The lowest BCUT2D eigenvalue weighted by atomic mass is 10.3. The van der Waals surface area contributed by atoms with Gasteiger partial charge in [-0.3, -0.25) is 9.59 Å². The van der Waals surface area contributed by atoms with E-state index in [4.69, 9.17) is 0 Å². The number of thiazole rings is 1. The molecule has 7 nitrogen and oxygen atoms in total. The summed E-state index contributed by atoms with van der Waals surface area (Å²) in [5, 5.41) is 2.76. The van der Waals surface area contributed by atoms with E-state index >= 15 is 0 Å². The largest absolute Gasteiger partial charge is 0.343 e. The first-order valence-electron chi connectivity index (χ1n) is 10.2. The van der Waals surface area contributed by atoms with E-state index in [0.717, 1.165) is 14.6 Å². The molecule has 1 heterocycles. The predicted molar refractivity (Wildman–Crippen MR) is 130 cm³/mol. The zero-order valence-corrected chi connectivity index (χ0v) is 20.4. The number of anilines is 1. The van der Waals surface area contributed by atoms with Crippen LogP contribution in [0, 0.1) is 0 Å². The maximum Gasteiger partial charge on any atom is 0.232 e. The number of rotatable bonds is 10. The molecule has 0 aliphatic heterocycles. The monoisotopic (exact) mass is 491 g/mol. The fourth-order valence-electron chi connectivity index (χ4n) is 3.03. The molecule has 170 valence electrons. The summed E-state index contributed by atoms with van der Waals surface area (Å²) in [6.07, 6.45) is -0.132. The van der Waals surface area contributed by atoms with Crippen molar-refractivity contribution in [2.75, 3.05) is 29.9 Å². The zero-order valence-electron chi connectivity index (χ0n) is 17.9. The number of hydrogen-bond acceptors (Lipinski definition) is 7. The second-order valence-electron chi connectivity index (χ2n) is 6.95. The summed E-state index contributed by atoms with van der Waals surface area (Å²) in [7, 11) is -3.51. The second-order valence-corrected chi connectivity index (χ2v) is 11.3. The molecule has 0 aliphatic rings. The predicted octanol–water partition coefficient (Wildman–Crippen LogP) is 4.06. The van der Waals surface area contributed by atoms with E-state index in [0.29, 0.717) is 24.5 Å². The number of hydrogen-bond donors (Lipinski definition) is 1. The summed E-state index contributed by atoms with van der Waals surface area (Å²) >= 11 is 2.86. The number of amides is 2. The van der Waals surface area contributed by atoms with E-state index in [1.54, 1.807) is 35.2 Å². The van der Waals surface area contributed by atoms with Crippen LogP contribution in [0.2, 0.25) is 0 Å². The first-order chi connectivity index (χ1) is 15.3. The molecule has 0 fully saturated rings. The summed E-state index contributed by atoms with van der Waals surface area (Å²) in [6, 6.07) is 13.5. The topological polar surface area (TPSA) is 96.4 Å². The Balaban J connectivity index is 1.58. The minimum absolute atomic E-state index is 0.0812. The lowest BCUT2D eigenvalue weighted by molar-refractivity contribution is -0.128. The van der Waals surface area contributed by atoms with Crippen LogP contribution in [-0.2, 0) is 19.4 Å². The Hall–Kier alpha value is -2.43. The van der Waals surface area contributed by atoms with Crippen LogP contribution in [0.3, 0.4) is 0 Å². The molecule has 3 rings (SSSR count). The van der Waals surface area contributed by atoms with Crippen LogP contribution < -0.4 is 5.32 Å². The third-order valence-corrected chi connectivity index (χ3v) is 8.67. The van der Waals surface area contributed by atoms with Gasteiger partial charge in [0.15, 0.2) is 14.2 Å². The van der Waals surface area contributed by atoms with Gasteiger partial charge in [0.2, 0.25) is 11.8 Å². The van der Waals surface area contributed by atoms with E-state index in [-0.39, 0.29) is 28.9 Å². The lowest BCUT2D eigenvalue weighted by Gasteiger charge is -2.17. The smallest absolute Gasteiger partial charge is 0.232 e. The molecular weight excluding hydrogens is 466 g/mol. The van der Waals surface area contributed by atoms with Crippen LogP contribution in [0.5, 0.6) is 0 Å². The van der Waals surface area contributed by atoms with Crippen LogP contribution in [0.4, 0.5) is 5.69 Å². The van der Waals surface area contributed by atoms with Gasteiger partial charge in [-0.15, -0.1) is 11.3 Å². The number of sulfone groups is 1. The maximum atomic E-state index is 12.3. The fraction of sp³-hybridized carbons (Fsp3) is 0.318. The number of fused-ring (bicyclic) bond motifs is 1. The molecule has 1 aromatic heterocycles. The molecule has 2 aromatic carbocycles. The maximum absolute atomic E-state index is 12.3. The summed E-state index contributed by atoms with van der Waals surface area (Å²) in [5.74, 6) is -0.209. The fourth-order valence-corrected chi connectivity index (χ4v) is 6.30. The molecule has 0 saturated carbocycles. The average Bonchev–Trinajstić information content (AvgIpc) is 3.20. The summed E-state index contributed by atoms with van der Waals surface area (Å²) in [6.45, 7) is 5.28. The first kappa shape index (κ1) is 24.2. The molecule has 0 spiro atoms. The van der Waals surface area contributed by atoms with Crippen molar-refractivity contribution in [2.24, 2.45) is 0 Å². The Kier molecular flexibility index (Phi) is 8.27. The van der Waals surface area contributed by atoms with Gasteiger partial charge in [-0.25, -0.2) is 13.4 Å². The molecule has 10 heteroatoms. The van der Waals surface area contributed by atoms with Crippen molar-refractivity contribution in [3.63, 3.8) is 0 Å². The molecule has 3 aromatic rings. The normalized spacial score (nSPS) is 11.4. The lowest BCUT2D eigenvalue weighted by Crippen LogP contribution is -2.31. The highest BCUT2D eigenvalue weighted by atomic mass is 32.2. The van der Waals surface area contributed by atoms with Crippen molar-refractivity contribution in [1.82, 2.24) is 9.88 Å². The van der Waals surface area contributed by atoms with Crippen LogP contribution in [0.1, 0.15) is 20.3 Å². The van der Waals surface area contributed by atoms with Gasteiger partial charge in [0.05, 0.1) is 26.6 Å². The minimum Gasteiger partial charge on any atom is -0.343 e. The van der Waals surface area contributed by atoms with E-state index in [1.165, 1.54) is 35.2 Å². The van der Waals surface area contributed by atoms with Gasteiger partial charge in [0, 0.05) is 25.2 Å². The van der Waals surface area contributed by atoms with Crippen molar-refractivity contribution < 1.29 is 18.0 Å². The van der Waals surface area contributed by atoms with E-state index < -0.39 is 9.84 Å². The number of carbonyl (C=O) groups excluding carboxylic acids is 2. The Labute approximate surface area is 196 Å². The SMILES string of the molecule is CCN(CC)C(=O)CSc1nc2ccc(NC(=O)CCS(=O)(=O)c3ccccc3)cc2s1. The Morgan fingerprint density at radius 2 is 1.81 bits per heavy atom. The van der Waals surface area contributed by atoms with Crippen molar-refractivity contribution in [3.8, 4) is 0 Å². The highest BCUT2D eigenvalue weighted by molar-refractivity contribution is 8.01. The number of benzene rings is 2. The quantitative estimate of drug-likeness (QED) is 0.430. The highest BCUT2D eigenvalue weighted by Gasteiger charge is 2.17.